The van der Waals surface area contributed by atoms with Crippen LogP contribution in [0.4, 0.5) is 8.78 Å². The lowest BCUT2D eigenvalue weighted by Crippen LogP contribution is -2.15. The van der Waals surface area contributed by atoms with Crippen LogP contribution in [-0.4, -0.2) is 4.98 Å². The molecule has 0 saturated carbocycles. The highest BCUT2D eigenvalue weighted by atomic mass is 19.3. The molecule has 1 N–H and O–H groups in total. The zero-order chi connectivity index (χ0) is 10.7. The molecule has 74 valence electrons. The smallest absolute Gasteiger partial charge is 0.278 e. The van der Waals surface area contributed by atoms with E-state index in [2.05, 4.69) is 4.98 Å². The average Bonchev–Trinajstić information content (AvgIpc) is 2.13. The van der Waals surface area contributed by atoms with Gasteiger partial charge in [-0.25, -0.2) is 8.78 Å². The Morgan fingerprint density at radius 3 is 2.79 bits per heavy atom. The molecule has 3 nitrogen and oxygen atoms in total. The summed E-state index contributed by atoms with van der Waals surface area (Å²) >= 11 is 0. The Morgan fingerprint density at radius 2 is 2.29 bits per heavy atom. The maximum atomic E-state index is 12.3. The van der Waals surface area contributed by atoms with E-state index in [-0.39, 0.29) is 23.2 Å². The van der Waals surface area contributed by atoms with Crippen molar-refractivity contribution in [3.8, 4) is 6.07 Å². The van der Waals surface area contributed by atoms with E-state index in [0.29, 0.717) is 0 Å². The summed E-state index contributed by atoms with van der Waals surface area (Å²) in [5.74, 6) is 0. The molecule has 0 aliphatic rings. The summed E-state index contributed by atoms with van der Waals surface area (Å²) in [5, 5.41) is 8.36. The Labute approximate surface area is 79.0 Å². The molecule has 0 aliphatic heterocycles. The Morgan fingerprint density at radius 1 is 1.64 bits per heavy atom. The molecular weight excluding hydrogens is 190 g/mol. The molecule has 0 fully saturated rings. The van der Waals surface area contributed by atoms with Gasteiger partial charge in [-0.15, -0.1) is 0 Å². The standard InChI is InChI=1S/C9H8F2N2O/c1-5-7(9(10)11)13-4-6(2-3-12)8(5)14/h4,9H,2H2,1H3,(H,13,14). The second kappa shape index (κ2) is 4.01. The van der Waals surface area contributed by atoms with Gasteiger partial charge in [-0.2, -0.15) is 5.26 Å². The fourth-order valence-corrected chi connectivity index (χ4v) is 1.14. The van der Waals surface area contributed by atoms with Gasteiger partial charge in [0.2, 0.25) is 0 Å². The number of pyridine rings is 1. The van der Waals surface area contributed by atoms with Crippen LogP contribution in [0.5, 0.6) is 0 Å². The summed E-state index contributed by atoms with van der Waals surface area (Å²) in [5.41, 5.74) is -0.667. The molecule has 0 aromatic carbocycles. The number of alkyl halides is 2. The van der Waals surface area contributed by atoms with E-state index in [1.165, 1.54) is 13.1 Å². The lowest BCUT2D eigenvalue weighted by Gasteiger charge is -2.04. The van der Waals surface area contributed by atoms with Crippen LogP contribution in [0.15, 0.2) is 11.0 Å². The molecule has 0 spiro atoms. The molecule has 1 heterocycles. The van der Waals surface area contributed by atoms with Gasteiger partial charge in [0, 0.05) is 17.3 Å². The summed E-state index contributed by atoms with van der Waals surface area (Å²) in [6.45, 7) is 1.32. The zero-order valence-electron chi connectivity index (χ0n) is 7.47. The summed E-state index contributed by atoms with van der Waals surface area (Å²) in [6.07, 6.45) is -1.60. The largest absolute Gasteiger partial charge is 0.360 e. The summed E-state index contributed by atoms with van der Waals surface area (Å²) in [7, 11) is 0. The Bertz CT molecular complexity index is 431. The van der Waals surface area contributed by atoms with Crippen molar-refractivity contribution >= 4 is 0 Å². The summed E-state index contributed by atoms with van der Waals surface area (Å²) < 4.78 is 24.6. The minimum Gasteiger partial charge on any atom is -0.360 e. The van der Waals surface area contributed by atoms with Crippen molar-refractivity contribution in [1.29, 1.82) is 5.26 Å². The molecule has 0 atom stereocenters. The molecule has 0 bridgehead atoms. The van der Waals surface area contributed by atoms with Crippen molar-refractivity contribution in [2.45, 2.75) is 19.8 Å². The van der Waals surface area contributed by atoms with Crippen LogP contribution in [-0.2, 0) is 6.42 Å². The molecule has 14 heavy (non-hydrogen) atoms. The highest BCUT2D eigenvalue weighted by molar-refractivity contribution is 5.26. The molecule has 0 radical (unpaired) electrons. The number of hydrogen-bond acceptors (Lipinski definition) is 2. The number of aromatic nitrogens is 1. The summed E-state index contributed by atoms with van der Waals surface area (Å²) in [4.78, 5) is 13.7. The van der Waals surface area contributed by atoms with Gasteiger partial charge in [-0.1, -0.05) is 0 Å². The third-order valence-electron chi connectivity index (χ3n) is 1.93. The van der Waals surface area contributed by atoms with E-state index in [9.17, 15) is 13.6 Å². The van der Waals surface area contributed by atoms with Crippen molar-refractivity contribution in [2.24, 2.45) is 0 Å². The molecule has 0 saturated heterocycles. The SMILES string of the molecule is Cc1c(C(F)F)[nH]cc(CC#N)c1=O. The Kier molecular flexibility index (Phi) is 2.97. The third-order valence-corrected chi connectivity index (χ3v) is 1.93. The van der Waals surface area contributed by atoms with Gasteiger partial charge in [0.1, 0.15) is 0 Å². The predicted molar refractivity (Wildman–Crippen MR) is 46.1 cm³/mol. The van der Waals surface area contributed by atoms with Crippen molar-refractivity contribution < 1.29 is 8.78 Å². The van der Waals surface area contributed by atoms with Crippen molar-refractivity contribution in [1.82, 2.24) is 4.98 Å². The lowest BCUT2D eigenvalue weighted by atomic mass is 10.1. The normalized spacial score (nSPS) is 10.2. The first-order valence-corrected chi connectivity index (χ1v) is 3.94. The van der Waals surface area contributed by atoms with Crippen molar-refractivity contribution in [2.75, 3.05) is 0 Å². The minimum atomic E-state index is -2.70. The van der Waals surface area contributed by atoms with E-state index in [1.807, 2.05) is 0 Å². The average molecular weight is 198 g/mol. The Hall–Kier alpha value is -1.70. The van der Waals surface area contributed by atoms with Crippen LogP contribution in [0.25, 0.3) is 0 Å². The van der Waals surface area contributed by atoms with Crippen LogP contribution >= 0.6 is 0 Å². The van der Waals surface area contributed by atoms with E-state index < -0.39 is 11.9 Å². The number of hydrogen-bond donors (Lipinski definition) is 1. The number of aromatic amines is 1. The van der Waals surface area contributed by atoms with Gasteiger partial charge in [0.25, 0.3) is 6.43 Å². The van der Waals surface area contributed by atoms with Gasteiger partial charge in [-0.05, 0) is 6.92 Å². The van der Waals surface area contributed by atoms with Gasteiger partial charge in [0.05, 0.1) is 18.2 Å². The highest BCUT2D eigenvalue weighted by Gasteiger charge is 2.14. The molecule has 1 aromatic heterocycles. The van der Waals surface area contributed by atoms with E-state index >= 15 is 0 Å². The maximum absolute atomic E-state index is 12.3. The first kappa shape index (κ1) is 10.4. The molecule has 0 aliphatic carbocycles. The quantitative estimate of drug-likeness (QED) is 0.786. The second-order valence-electron chi connectivity index (χ2n) is 2.82. The predicted octanol–water partition coefficient (Wildman–Crippen LogP) is 1.69. The van der Waals surface area contributed by atoms with Gasteiger partial charge in [-0.3, -0.25) is 4.79 Å². The topological polar surface area (TPSA) is 56.6 Å². The first-order valence-electron chi connectivity index (χ1n) is 3.94. The fraction of sp³-hybridized carbons (Fsp3) is 0.333. The number of nitrogens with one attached hydrogen (secondary N) is 1. The van der Waals surface area contributed by atoms with Crippen LogP contribution in [0.3, 0.4) is 0 Å². The first-order chi connectivity index (χ1) is 6.57. The van der Waals surface area contributed by atoms with E-state index in [4.69, 9.17) is 5.26 Å². The highest BCUT2D eigenvalue weighted by Crippen LogP contribution is 2.17. The molecule has 1 aromatic rings. The number of rotatable bonds is 2. The van der Waals surface area contributed by atoms with Gasteiger partial charge >= 0.3 is 0 Å². The second-order valence-corrected chi connectivity index (χ2v) is 2.82. The van der Waals surface area contributed by atoms with E-state index in [0.717, 1.165) is 0 Å². The monoisotopic (exact) mass is 198 g/mol. The van der Waals surface area contributed by atoms with Crippen LogP contribution < -0.4 is 5.43 Å². The molecule has 1 rings (SSSR count). The number of H-pyrrole nitrogens is 1. The van der Waals surface area contributed by atoms with Crippen LogP contribution in [0, 0.1) is 18.3 Å². The van der Waals surface area contributed by atoms with E-state index in [1.54, 1.807) is 6.07 Å². The number of nitriles is 1. The third kappa shape index (κ3) is 1.79. The maximum Gasteiger partial charge on any atom is 0.278 e. The summed E-state index contributed by atoms with van der Waals surface area (Å²) in [6, 6.07) is 1.79. The van der Waals surface area contributed by atoms with Crippen molar-refractivity contribution in [3.63, 3.8) is 0 Å². The number of halogens is 2. The van der Waals surface area contributed by atoms with Crippen LogP contribution in [0.2, 0.25) is 0 Å². The van der Waals surface area contributed by atoms with Crippen molar-refractivity contribution in [3.05, 3.63) is 33.2 Å². The van der Waals surface area contributed by atoms with Gasteiger partial charge in [0.15, 0.2) is 5.43 Å². The minimum absolute atomic E-state index is 0.0206. The fourth-order valence-electron chi connectivity index (χ4n) is 1.14. The molecule has 0 amide bonds. The van der Waals surface area contributed by atoms with Crippen LogP contribution in [0.1, 0.15) is 23.2 Å². The Balaban J connectivity index is 3.28. The molecule has 0 unspecified atom stereocenters. The number of nitrogens with zero attached hydrogens (tertiary/aromatic N) is 1. The lowest BCUT2D eigenvalue weighted by molar-refractivity contribution is 0.145. The van der Waals surface area contributed by atoms with Gasteiger partial charge < -0.3 is 4.98 Å². The zero-order valence-corrected chi connectivity index (χ0v) is 7.47. The molecule has 5 heteroatoms. The molecular formula is C9H8F2N2O.